The van der Waals surface area contributed by atoms with Crippen molar-refractivity contribution in [3.63, 3.8) is 0 Å². The smallest absolute Gasteiger partial charge is 0.417 e. The number of aromatic nitrogens is 1. The fourth-order valence-corrected chi connectivity index (χ4v) is 2.79. The molecule has 4 nitrogen and oxygen atoms in total. The van der Waals surface area contributed by atoms with E-state index in [0.717, 1.165) is 6.07 Å². The summed E-state index contributed by atoms with van der Waals surface area (Å²) < 4.78 is 58.6. The van der Waals surface area contributed by atoms with Crippen LogP contribution in [0.2, 0.25) is 5.02 Å². The first-order valence-electron chi connectivity index (χ1n) is 7.13. The third-order valence-corrected chi connectivity index (χ3v) is 4.24. The van der Waals surface area contributed by atoms with Crippen molar-refractivity contribution in [1.29, 1.82) is 0 Å². The maximum atomic E-state index is 15.0. The van der Waals surface area contributed by atoms with Crippen LogP contribution in [0.1, 0.15) is 16.7 Å². The number of nitrogens with one attached hydrogen (secondary N) is 1. The number of halogens is 5. The van der Waals surface area contributed by atoms with Crippen LogP contribution >= 0.6 is 11.6 Å². The molecule has 1 aliphatic heterocycles. The molecular weight excluding hydrogens is 364 g/mol. The Balaban J connectivity index is 1.78. The van der Waals surface area contributed by atoms with Crippen molar-refractivity contribution in [2.24, 2.45) is 0 Å². The number of alkyl halides is 4. The maximum Gasteiger partial charge on any atom is 0.417 e. The molecule has 0 radical (unpaired) electrons. The van der Waals surface area contributed by atoms with Gasteiger partial charge in [-0.2, -0.15) is 13.2 Å². The number of carbonyl (C=O) groups excluding carboxylic acids is 1. The highest BCUT2D eigenvalue weighted by molar-refractivity contribution is 6.32. The van der Waals surface area contributed by atoms with Crippen LogP contribution in [0.25, 0.3) is 0 Å². The number of hydrogen-bond donors (Lipinski definition) is 1. The average Bonchev–Trinajstić information content (AvgIpc) is 2.91. The van der Waals surface area contributed by atoms with E-state index in [4.69, 9.17) is 16.3 Å². The minimum absolute atomic E-state index is 0.0113. The number of benzene rings is 1. The molecule has 0 saturated carbocycles. The summed E-state index contributed by atoms with van der Waals surface area (Å²) in [6, 6.07) is 6.14. The second-order valence-corrected chi connectivity index (χ2v) is 5.78. The van der Waals surface area contributed by atoms with Crippen LogP contribution < -0.4 is 10.1 Å². The van der Waals surface area contributed by atoms with Gasteiger partial charge in [-0.3, -0.25) is 4.79 Å². The molecule has 9 heteroatoms. The van der Waals surface area contributed by atoms with Crippen LogP contribution in [0.4, 0.5) is 17.6 Å². The van der Waals surface area contributed by atoms with Crippen LogP contribution in [-0.4, -0.2) is 17.5 Å². The molecule has 0 fully saturated rings. The van der Waals surface area contributed by atoms with Gasteiger partial charge in [-0.05, 0) is 23.8 Å². The van der Waals surface area contributed by atoms with Gasteiger partial charge in [0.1, 0.15) is 6.61 Å². The van der Waals surface area contributed by atoms with Crippen molar-refractivity contribution in [2.75, 3.05) is 6.61 Å². The Kier molecular flexibility index (Phi) is 4.32. The van der Waals surface area contributed by atoms with E-state index in [2.05, 4.69) is 10.3 Å². The summed E-state index contributed by atoms with van der Waals surface area (Å²) in [5.41, 5.74) is -3.48. The van der Waals surface area contributed by atoms with Gasteiger partial charge in [-0.1, -0.05) is 23.7 Å². The Morgan fingerprint density at radius 2 is 2.08 bits per heavy atom. The number of ether oxygens (including phenoxy) is 1. The van der Waals surface area contributed by atoms with E-state index in [-0.39, 0.29) is 23.6 Å². The van der Waals surface area contributed by atoms with Gasteiger partial charge in [-0.15, -0.1) is 0 Å². The van der Waals surface area contributed by atoms with Crippen molar-refractivity contribution in [2.45, 2.75) is 18.4 Å². The number of pyridine rings is 1. The Labute approximate surface area is 144 Å². The number of hydrogen-bond acceptors (Lipinski definition) is 3. The molecule has 1 unspecified atom stereocenters. The molecule has 1 amide bonds. The Hall–Kier alpha value is -2.35. The topological polar surface area (TPSA) is 51.2 Å². The van der Waals surface area contributed by atoms with Crippen molar-refractivity contribution in [3.8, 4) is 5.88 Å². The van der Waals surface area contributed by atoms with E-state index >= 15 is 0 Å². The zero-order valence-electron chi connectivity index (χ0n) is 12.5. The predicted octanol–water partition coefficient (Wildman–Crippen LogP) is 3.63. The third-order valence-electron chi connectivity index (χ3n) is 3.79. The van der Waals surface area contributed by atoms with E-state index in [0.29, 0.717) is 0 Å². The summed E-state index contributed by atoms with van der Waals surface area (Å²) >= 11 is 5.75. The molecule has 1 aliphatic rings. The van der Waals surface area contributed by atoms with Crippen LogP contribution in [0.15, 0.2) is 36.5 Å². The average molecular weight is 375 g/mol. The second kappa shape index (κ2) is 6.18. The monoisotopic (exact) mass is 374 g/mol. The van der Waals surface area contributed by atoms with Crippen LogP contribution in [-0.2, 0) is 23.2 Å². The Morgan fingerprint density at radius 1 is 1.32 bits per heavy atom. The van der Waals surface area contributed by atoms with E-state index in [1.54, 1.807) is 0 Å². The minimum atomic E-state index is -4.62. The normalized spacial score (nSPS) is 19.2. The molecule has 2 aromatic rings. The summed E-state index contributed by atoms with van der Waals surface area (Å²) in [6.07, 6.45) is -3.23. The lowest BCUT2D eigenvalue weighted by atomic mass is 9.98. The summed E-state index contributed by atoms with van der Waals surface area (Å²) in [4.78, 5) is 16.1. The van der Waals surface area contributed by atoms with Crippen LogP contribution in [0.5, 0.6) is 5.88 Å². The van der Waals surface area contributed by atoms with Gasteiger partial charge in [0.2, 0.25) is 5.88 Å². The zero-order valence-corrected chi connectivity index (χ0v) is 13.3. The Morgan fingerprint density at radius 3 is 2.80 bits per heavy atom. The fraction of sp³-hybridized carbons (Fsp3) is 0.250. The largest absolute Gasteiger partial charge is 0.473 e. The highest BCUT2D eigenvalue weighted by atomic mass is 35.5. The molecule has 0 aliphatic carbocycles. The Bertz CT molecular complexity index is 828. The summed E-state index contributed by atoms with van der Waals surface area (Å²) in [5.74, 6) is -1.02. The van der Waals surface area contributed by atoms with Crippen molar-refractivity contribution in [1.82, 2.24) is 10.3 Å². The van der Waals surface area contributed by atoms with Gasteiger partial charge in [0, 0.05) is 12.7 Å². The standard InChI is InChI=1S/C16H11ClF4N2O2/c17-12-9(3-1-4-10(12)16(19,20)21)7-23-14(24)15(18)8-25-13-11(15)5-2-6-22-13/h1-6H,7-8H2,(H,23,24). The highest BCUT2D eigenvalue weighted by Gasteiger charge is 2.48. The lowest BCUT2D eigenvalue weighted by Gasteiger charge is -2.18. The van der Waals surface area contributed by atoms with E-state index in [9.17, 15) is 22.4 Å². The maximum absolute atomic E-state index is 15.0. The third kappa shape index (κ3) is 3.13. The van der Waals surface area contributed by atoms with Gasteiger partial charge in [0.25, 0.3) is 11.6 Å². The van der Waals surface area contributed by atoms with Gasteiger partial charge in [0.05, 0.1) is 16.1 Å². The first-order valence-corrected chi connectivity index (χ1v) is 7.51. The molecular formula is C16H11ClF4N2O2. The molecule has 3 rings (SSSR count). The first-order chi connectivity index (χ1) is 11.7. The summed E-state index contributed by atoms with van der Waals surface area (Å²) in [5, 5.41) is 1.73. The van der Waals surface area contributed by atoms with Crippen LogP contribution in [0, 0.1) is 0 Å². The van der Waals surface area contributed by atoms with Gasteiger partial charge >= 0.3 is 6.18 Å². The summed E-state index contributed by atoms with van der Waals surface area (Å²) in [6.45, 7) is -0.912. The van der Waals surface area contributed by atoms with Crippen molar-refractivity contribution < 1.29 is 27.1 Å². The van der Waals surface area contributed by atoms with Crippen molar-refractivity contribution in [3.05, 3.63) is 58.2 Å². The molecule has 1 aromatic carbocycles. The molecule has 1 N–H and O–H groups in total. The number of fused-ring (bicyclic) bond motifs is 1. The minimum Gasteiger partial charge on any atom is -0.473 e. The van der Waals surface area contributed by atoms with Crippen LogP contribution in [0.3, 0.4) is 0 Å². The number of amides is 1. The second-order valence-electron chi connectivity index (χ2n) is 5.41. The molecule has 0 bridgehead atoms. The molecule has 2 heterocycles. The molecule has 1 atom stereocenters. The van der Waals surface area contributed by atoms with Gasteiger partial charge < -0.3 is 10.1 Å². The zero-order chi connectivity index (χ0) is 18.2. The molecule has 25 heavy (non-hydrogen) atoms. The first kappa shape index (κ1) is 17.5. The quantitative estimate of drug-likeness (QED) is 0.835. The van der Waals surface area contributed by atoms with E-state index in [1.165, 1.54) is 30.5 Å². The number of nitrogens with zero attached hydrogens (tertiary/aromatic N) is 1. The molecule has 132 valence electrons. The lowest BCUT2D eigenvalue weighted by molar-refractivity contribution is -0.137. The molecule has 1 aromatic heterocycles. The van der Waals surface area contributed by atoms with Gasteiger partial charge in [0.15, 0.2) is 0 Å². The number of rotatable bonds is 3. The van der Waals surface area contributed by atoms with E-state index < -0.39 is 34.9 Å². The summed E-state index contributed by atoms with van der Waals surface area (Å²) in [7, 11) is 0. The number of carbonyl (C=O) groups is 1. The molecule has 0 saturated heterocycles. The van der Waals surface area contributed by atoms with E-state index in [1.807, 2.05) is 0 Å². The predicted molar refractivity (Wildman–Crippen MR) is 80.8 cm³/mol. The van der Waals surface area contributed by atoms with Crippen molar-refractivity contribution >= 4 is 17.5 Å². The SMILES string of the molecule is O=C(NCc1cccc(C(F)(F)F)c1Cl)C1(F)COc2ncccc21. The molecule has 0 spiro atoms. The fourth-order valence-electron chi connectivity index (χ4n) is 2.49. The van der Waals surface area contributed by atoms with Gasteiger partial charge in [-0.25, -0.2) is 9.37 Å². The lowest BCUT2D eigenvalue weighted by Crippen LogP contribution is -2.42. The highest BCUT2D eigenvalue weighted by Crippen LogP contribution is 2.39.